The van der Waals surface area contributed by atoms with Crippen molar-refractivity contribution < 1.29 is 18.3 Å². The van der Waals surface area contributed by atoms with E-state index in [-0.39, 0.29) is 5.56 Å². The number of aromatic nitrogens is 2. The van der Waals surface area contributed by atoms with Crippen LogP contribution in [0.1, 0.15) is 12.0 Å². The number of halogens is 2. The van der Waals surface area contributed by atoms with Crippen molar-refractivity contribution in [2.75, 3.05) is 68.1 Å². The number of nitrogens with zero attached hydrogens (tertiary/aromatic N) is 4. The van der Waals surface area contributed by atoms with Crippen LogP contribution < -0.4 is 15.5 Å². The lowest BCUT2D eigenvalue weighted by atomic mass is 10.0. The van der Waals surface area contributed by atoms with Crippen LogP contribution in [0.15, 0.2) is 24.3 Å². The Morgan fingerprint density at radius 3 is 2.18 bits per heavy atom. The maximum Gasteiger partial charge on any atom is 0.264 e. The molecule has 7 nitrogen and oxygen atoms in total. The molecule has 1 aromatic heterocycles. The normalized spacial score (nSPS) is 18.0. The van der Waals surface area contributed by atoms with Crippen LogP contribution in [0.25, 0.3) is 11.3 Å². The number of rotatable bonds is 4. The SMILES string of the molecule is Nc1ccc(-c2cc(N3CCOCC3)nc(N3CCOCC3)n2)c(C(F)F)c1. The summed E-state index contributed by atoms with van der Waals surface area (Å²) >= 11 is 0. The zero-order chi connectivity index (χ0) is 19.5. The summed E-state index contributed by atoms with van der Waals surface area (Å²) in [6, 6.07) is 6.30. The first-order valence-corrected chi connectivity index (χ1v) is 9.34. The summed E-state index contributed by atoms with van der Waals surface area (Å²) in [5.74, 6) is 1.24. The predicted octanol–water partition coefficient (Wildman–Crippen LogP) is 2.34. The van der Waals surface area contributed by atoms with Gasteiger partial charge in [-0.15, -0.1) is 0 Å². The first-order valence-electron chi connectivity index (χ1n) is 9.34. The molecule has 0 radical (unpaired) electrons. The number of nitrogen functional groups attached to an aromatic ring is 1. The van der Waals surface area contributed by atoms with Crippen molar-refractivity contribution >= 4 is 17.5 Å². The van der Waals surface area contributed by atoms with E-state index in [0.717, 1.165) is 0 Å². The van der Waals surface area contributed by atoms with Gasteiger partial charge in [-0.25, -0.2) is 13.8 Å². The Kier molecular flexibility index (Phi) is 5.54. The average Bonchev–Trinajstić information content (AvgIpc) is 2.74. The third kappa shape index (κ3) is 4.00. The maximum absolute atomic E-state index is 13.7. The van der Waals surface area contributed by atoms with Gasteiger partial charge in [0.15, 0.2) is 0 Å². The molecular formula is C19H23F2N5O2. The quantitative estimate of drug-likeness (QED) is 0.802. The lowest BCUT2D eigenvalue weighted by Gasteiger charge is -2.31. The molecule has 2 saturated heterocycles. The zero-order valence-electron chi connectivity index (χ0n) is 15.5. The van der Waals surface area contributed by atoms with Crippen LogP contribution in [0, 0.1) is 0 Å². The number of benzene rings is 1. The molecule has 2 fully saturated rings. The minimum absolute atomic E-state index is 0.125. The van der Waals surface area contributed by atoms with Gasteiger partial charge in [-0.3, -0.25) is 0 Å². The Hall–Kier alpha value is -2.52. The molecule has 0 atom stereocenters. The summed E-state index contributed by atoms with van der Waals surface area (Å²) in [5, 5.41) is 0. The monoisotopic (exact) mass is 391 g/mol. The van der Waals surface area contributed by atoms with Gasteiger partial charge in [-0.1, -0.05) is 6.07 Å². The summed E-state index contributed by atoms with van der Waals surface area (Å²) in [4.78, 5) is 13.5. The molecule has 28 heavy (non-hydrogen) atoms. The number of ether oxygens (including phenoxy) is 2. The van der Waals surface area contributed by atoms with Crippen molar-refractivity contribution in [3.8, 4) is 11.3 Å². The highest BCUT2D eigenvalue weighted by molar-refractivity contribution is 5.71. The smallest absolute Gasteiger partial charge is 0.264 e. The highest BCUT2D eigenvalue weighted by Crippen LogP contribution is 2.34. The molecule has 9 heteroatoms. The van der Waals surface area contributed by atoms with Crippen LogP contribution >= 0.6 is 0 Å². The lowest BCUT2D eigenvalue weighted by Crippen LogP contribution is -2.39. The van der Waals surface area contributed by atoms with E-state index in [4.69, 9.17) is 20.2 Å². The first-order chi connectivity index (χ1) is 13.6. The molecule has 2 N–H and O–H groups in total. The van der Waals surface area contributed by atoms with Crippen LogP contribution in [-0.4, -0.2) is 62.6 Å². The molecule has 0 unspecified atom stereocenters. The summed E-state index contributed by atoms with van der Waals surface area (Å²) in [5.41, 5.74) is 6.74. The Bertz CT molecular complexity index is 788. The van der Waals surface area contributed by atoms with Crippen LogP contribution in [-0.2, 0) is 9.47 Å². The van der Waals surface area contributed by atoms with Crippen molar-refractivity contribution in [1.29, 1.82) is 0 Å². The molecule has 150 valence electrons. The average molecular weight is 391 g/mol. The van der Waals surface area contributed by atoms with Crippen molar-refractivity contribution in [1.82, 2.24) is 9.97 Å². The van der Waals surface area contributed by atoms with E-state index in [1.807, 2.05) is 4.90 Å². The highest BCUT2D eigenvalue weighted by atomic mass is 19.3. The van der Waals surface area contributed by atoms with Gasteiger partial charge in [0.05, 0.1) is 32.1 Å². The van der Waals surface area contributed by atoms with Gasteiger partial charge in [-0.05, 0) is 12.1 Å². The maximum atomic E-state index is 13.7. The minimum Gasteiger partial charge on any atom is -0.399 e. The van der Waals surface area contributed by atoms with E-state index in [9.17, 15) is 8.78 Å². The second-order valence-electron chi connectivity index (χ2n) is 6.76. The van der Waals surface area contributed by atoms with Gasteiger partial charge in [0, 0.05) is 49.1 Å². The van der Waals surface area contributed by atoms with Crippen LogP contribution in [0.4, 0.5) is 26.2 Å². The standard InChI is InChI=1S/C19H23F2N5O2/c20-18(21)15-11-13(22)1-2-14(15)16-12-17(25-3-7-27-8-4-25)24-19(23-16)26-5-9-28-10-6-26/h1-2,11-12,18H,3-10,22H2. The fraction of sp³-hybridized carbons (Fsp3) is 0.474. The molecule has 2 aliphatic rings. The Morgan fingerprint density at radius 1 is 0.893 bits per heavy atom. The molecule has 0 spiro atoms. The van der Waals surface area contributed by atoms with Gasteiger partial charge in [0.25, 0.3) is 6.43 Å². The van der Waals surface area contributed by atoms with E-state index in [2.05, 4.69) is 9.88 Å². The highest BCUT2D eigenvalue weighted by Gasteiger charge is 2.22. The van der Waals surface area contributed by atoms with Gasteiger partial charge >= 0.3 is 0 Å². The fourth-order valence-electron chi connectivity index (χ4n) is 3.41. The van der Waals surface area contributed by atoms with Gasteiger partial charge < -0.3 is 25.0 Å². The molecule has 0 aliphatic carbocycles. The lowest BCUT2D eigenvalue weighted by molar-refractivity contribution is 0.121. The fourth-order valence-corrected chi connectivity index (χ4v) is 3.41. The molecule has 2 aromatic rings. The van der Waals surface area contributed by atoms with Gasteiger partial charge in [0.1, 0.15) is 5.82 Å². The summed E-state index contributed by atoms with van der Waals surface area (Å²) < 4.78 is 38.1. The van der Waals surface area contributed by atoms with Gasteiger partial charge in [0.2, 0.25) is 5.95 Å². The molecule has 0 bridgehead atoms. The number of hydrogen-bond acceptors (Lipinski definition) is 7. The number of morpholine rings is 2. The van der Waals surface area contributed by atoms with Crippen LogP contribution in [0.2, 0.25) is 0 Å². The second kappa shape index (κ2) is 8.24. The van der Waals surface area contributed by atoms with Crippen LogP contribution in [0.5, 0.6) is 0 Å². The van der Waals surface area contributed by atoms with Crippen molar-refractivity contribution in [2.45, 2.75) is 6.43 Å². The van der Waals surface area contributed by atoms with E-state index in [1.165, 1.54) is 6.07 Å². The molecule has 1 aromatic carbocycles. The zero-order valence-corrected chi connectivity index (χ0v) is 15.5. The largest absolute Gasteiger partial charge is 0.399 e. The Labute approximate surface area is 162 Å². The van der Waals surface area contributed by atoms with Crippen LogP contribution in [0.3, 0.4) is 0 Å². The molecule has 2 aliphatic heterocycles. The molecular weight excluding hydrogens is 368 g/mol. The van der Waals surface area contributed by atoms with E-state index in [0.29, 0.717) is 81.3 Å². The van der Waals surface area contributed by atoms with Gasteiger partial charge in [-0.2, -0.15) is 4.98 Å². The summed E-state index contributed by atoms with van der Waals surface area (Å²) in [6.07, 6.45) is -2.65. The van der Waals surface area contributed by atoms with Crippen molar-refractivity contribution in [3.63, 3.8) is 0 Å². The summed E-state index contributed by atoms with van der Waals surface area (Å²) in [7, 11) is 0. The molecule has 3 heterocycles. The number of nitrogens with two attached hydrogens (primary N) is 1. The number of alkyl halides is 2. The van der Waals surface area contributed by atoms with Crippen molar-refractivity contribution in [2.24, 2.45) is 0 Å². The molecule has 0 amide bonds. The van der Waals surface area contributed by atoms with E-state index < -0.39 is 6.43 Å². The van der Waals surface area contributed by atoms with E-state index >= 15 is 0 Å². The predicted molar refractivity (Wildman–Crippen MR) is 103 cm³/mol. The topological polar surface area (TPSA) is 76.7 Å². The Balaban J connectivity index is 1.79. The minimum atomic E-state index is -2.65. The third-order valence-electron chi connectivity index (χ3n) is 4.92. The number of hydrogen-bond donors (Lipinski definition) is 1. The molecule has 0 saturated carbocycles. The number of anilines is 3. The summed E-state index contributed by atoms with van der Waals surface area (Å²) in [6.45, 7) is 5.11. The first kappa shape index (κ1) is 18.8. The second-order valence-corrected chi connectivity index (χ2v) is 6.76. The third-order valence-corrected chi connectivity index (χ3v) is 4.92. The van der Waals surface area contributed by atoms with E-state index in [1.54, 1.807) is 18.2 Å². The molecule has 4 rings (SSSR count). The van der Waals surface area contributed by atoms with Crippen molar-refractivity contribution in [3.05, 3.63) is 29.8 Å². The Morgan fingerprint density at radius 2 is 1.54 bits per heavy atom.